The summed E-state index contributed by atoms with van der Waals surface area (Å²) in [6.45, 7) is 1.27. The molecular weight excluding hydrogens is 352 g/mol. The van der Waals surface area contributed by atoms with E-state index in [4.69, 9.17) is 5.73 Å². The largest absolute Gasteiger partial charge is 0.366 e. The number of nitro groups is 1. The summed E-state index contributed by atoms with van der Waals surface area (Å²) in [6, 6.07) is 11.7. The minimum atomic E-state index is -1.26. The van der Waals surface area contributed by atoms with Crippen molar-refractivity contribution in [3.63, 3.8) is 0 Å². The fraction of sp³-hybridized carbons (Fsp3) is 0.167. The van der Waals surface area contributed by atoms with E-state index in [1.165, 1.54) is 12.1 Å². The average Bonchev–Trinajstić information content (AvgIpc) is 2.86. The molecule has 1 heterocycles. The van der Waals surface area contributed by atoms with Gasteiger partial charge in [0.15, 0.2) is 0 Å². The third-order valence-corrected chi connectivity index (χ3v) is 4.52. The van der Waals surface area contributed by atoms with E-state index >= 15 is 0 Å². The molecule has 2 aromatic rings. The van der Waals surface area contributed by atoms with Crippen LogP contribution in [0.1, 0.15) is 28.4 Å². The van der Waals surface area contributed by atoms with E-state index < -0.39 is 28.3 Å². The van der Waals surface area contributed by atoms with Crippen LogP contribution in [0.5, 0.6) is 0 Å². The number of hydrogen-bond acceptors (Lipinski definition) is 5. The summed E-state index contributed by atoms with van der Waals surface area (Å²) < 4.78 is 0. The van der Waals surface area contributed by atoms with Crippen LogP contribution in [0.2, 0.25) is 0 Å². The Morgan fingerprint density at radius 2 is 1.89 bits per heavy atom. The van der Waals surface area contributed by atoms with Gasteiger partial charge in [0.2, 0.25) is 5.91 Å². The van der Waals surface area contributed by atoms with Gasteiger partial charge in [-0.3, -0.25) is 24.6 Å². The van der Waals surface area contributed by atoms with Crippen LogP contribution in [-0.4, -0.2) is 27.7 Å². The molecular formula is C18H16N4O5. The molecule has 1 unspecified atom stereocenters. The molecule has 138 valence electrons. The summed E-state index contributed by atoms with van der Waals surface area (Å²) in [5.74, 6) is -1.33. The van der Waals surface area contributed by atoms with Crippen molar-refractivity contribution in [1.82, 2.24) is 10.2 Å². The smallest absolute Gasteiger partial charge is 0.325 e. The third kappa shape index (κ3) is 3.10. The molecule has 0 bridgehead atoms. The van der Waals surface area contributed by atoms with E-state index in [-0.39, 0.29) is 23.4 Å². The molecule has 2 aromatic carbocycles. The lowest BCUT2D eigenvalue weighted by Gasteiger charge is -2.22. The lowest BCUT2D eigenvalue weighted by Crippen LogP contribution is -2.40. The molecule has 3 rings (SSSR count). The summed E-state index contributed by atoms with van der Waals surface area (Å²) >= 11 is 0. The number of nitrogens with zero attached hydrogens (tertiary/aromatic N) is 2. The van der Waals surface area contributed by atoms with Gasteiger partial charge in [0.05, 0.1) is 11.5 Å². The number of carbonyl (C=O) groups is 3. The molecule has 27 heavy (non-hydrogen) atoms. The van der Waals surface area contributed by atoms with Gasteiger partial charge in [-0.25, -0.2) is 4.79 Å². The van der Waals surface area contributed by atoms with Gasteiger partial charge in [0.25, 0.3) is 11.6 Å². The van der Waals surface area contributed by atoms with Crippen molar-refractivity contribution >= 4 is 23.5 Å². The maximum absolute atomic E-state index is 12.9. The number of amides is 4. The highest BCUT2D eigenvalue weighted by Crippen LogP contribution is 2.31. The van der Waals surface area contributed by atoms with Gasteiger partial charge in [-0.15, -0.1) is 0 Å². The number of hydrogen-bond donors (Lipinski definition) is 2. The first-order chi connectivity index (χ1) is 12.7. The number of urea groups is 1. The molecule has 0 spiro atoms. The number of benzene rings is 2. The van der Waals surface area contributed by atoms with Gasteiger partial charge >= 0.3 is 6.03 Å². The van der Waals surface area contributed by atoms with E-state index in [2.05, 4.69) is 5.32 Å². The topological polar surface area (TPSA) is 136 Å². The maximum atomic E-state index is 12.9. The molecule has 3 N–H and O–H groups in total. The molecule has 0 radical (unpaired) electrons. The Bertz CT molecular complexity index is 959. The Kier molecular flexibility index (Phi) is 4.36. The Morgan fingerprint density at radius 3 is 2.48 bits per heavy atom. The van der Waals surface area contributed by atoms with Crippen LogP contribution in [0.4, 0.5) is 10.5 Å². The SMILES string of the molecule is CC1(c2ccccc2)NC(=O)N(Cc2ccc(C(N)=O)cc2[N+](=O)[O-])C1=O. The second-order valence-corrected chi connectivity index (χ2v) is 6.28. The van der Waals surface area contributed by atoms with Crippen molar-refractivity contribution < 1.29 is 19.3 Å². The van der Waals surface area contributed by atoms with E-state index in [1.807, 2.05) is 0 Å². The minimum absolute atomic E-state index is 0.0308. The average molecular weight is 368 g/mol. The third-order valence-electron chi connectivity index (χ3n) is 4.52. The molecule has 1 saturated heterocycles. The van der Waals surface area contributed by atoms with Gasteiger partial charge in [-0.05, 0) is 24.6 Å². The maximum Gasteiger partial charge on any atom is 0.325 e. The molecule has 9 heteroatoms. The fourth-order valence-corrected chi connectivity index (χ4v) is 3.00. The van der Waals surface area contributed by atoms with Crippen molar-refractivity contribution in [2.75, 3.05) is 0 Å². The van der Waals surface area contributed by atoms with Gasteiger partial charge < -0.3 is 11.1 Å². The Labute approximate surface area is 153 Å². The van der Waals surface area contributed by atoms with Crippen LogP contribution in [0.15, 0.2) is 48.5 Å². The zero-order valence-electron chi connectivity index (χ0n) is 14.3. The number of carbonyl (C=O) groups excluding carboxylic acids is 3. The second kappa shape index (κ2) is 6.52. The van der Waals surface area contributed by atoms with Crippen molar-refractivity contribution in [3.8, 4) is 0 Å². The molecule has 9 nitrogen and oxygen atoms in total. The molecule has 1 atom stereocenters. The summed E-state index contributed by atoms with van der Waals surface area (Å²) in [6.07, 6.45) is 0. The number of imide groups is 1. The summed E-state index contributed by atoms with van der Waals surface area (Å²) in [4.78, 5) is 48.1. The van der Waals surface area contributed by atoms with Gasteiger partial charge in [-0.1, -0.05) is 30.3 Å². The van der Waals surface area contributed by atoms with Gasteiger partial charge in [-0.2, -0.15) is 0 Å². The van der Waals surface area contributed by atoms with E-state index in [9.17, 15) is 24.5 Å². The van der Waals surface area contributed by atoms with Crippen molar-refractivity contribution in [2.45, 2.75) is 19.0 Å². The molecule has 4 amide bonds. The van der Waals surface area contributed by atoms with Crippen molar-refractivity contribution in [1.29, 1.82) is 0 Å². The minimum Gasteiger partial charge on any atom is -0.366 e. The zero-order chi connectivity index (χ0) is 19.8. The summed E-state index contributed by atoms with van der Waals surface area (Å²) in [5.41, 5.74) is 4.19. The van der Waals surface area contributed by atoms with Gasteiger partial charge in [0.1, 0.15) is 5.54 Å². The van der Waals surface area contributed by atoms with Crippen LogP contribution in [-0.2, 0) is 16.9 Å². The Balaban J connectivity index is 1.95. The molecule has 0 saturated carbocycles. The predicted molar refractivity (Wildman–Crippen MR) is 94.5 cm³/mol. The number of nitrogens with one attached hydrogen (secondary N) is 1. The van der Waals surface area contributed by atoms with Crippen LogP contribution in [0, 0.1) is 10.1 Å². The predicted octanol–water partition coefficient (Wildman–Crippen LogP) is 1.66. The quantitative estimate of drug-likeness (QED) is 0.470. The van der Waals surface area contributed by atoms with E-state index in [0.717, 1.165) is 11.0 Å². The van der Waals surface area contributed by atoms with Crippen LogP contribution in [0.25, 0.3) is 0 Å². The highest BCUT2D eigenvalue weighted by atomic mass is 16.6. The van der Waals surface area contributed by atoms with Crippen molar-refractivity contribution in [2.24, 2.45) is 5.73 Å². The summed E-state index contributed by atoms with van der Waals surface area (Å²) in [5, 5.41) is 14.0. The lowest BCUT2D eigenvalue weighted by atomic mass is 9.92. The number of nitro benzene ring substituents is 1. The molecule has 0 aromatic heterocycles. The normalized spacial score (nSPS) is 19.1. The van der Waals surface area contributed by atoms with E-state index in [0.29, 0.717) is 5.56 Å². The number of nitrogens with two attached hydrogens (primary N) is 1. The Morgan fingerprint density at radius 1 is 1.22 bits per heavy atom. The first kappa shape index (κ1) is 18.1. The van der Waals surface area contributed by atoms with Crippen LogP contribution < -0.4 is 11.1 Å². The molecule has 1 aliphatic rings. The molecule has 1 aliphatic heterocycles. The highest BCUT2D eigenvalue weighted by molar-refractivity contribution is 6.07. The monoisotopic (exact) mass is 368 g/mol. The fourth-order valence-electron chi connectivity index (χ4n) is 3.00. The number of primary amides is 1. The van der Waals surface area contributed by atoms with Crippen LogP contribution in [0.3, 0.4) is 0 Å². The summed E-state index contributed by atoms with van der Waals surface area (Å²) in [7, 11) is 0. The standard InChI is InChI=1S/C18H16N4O5/c1-18(13-5-3-2-4-6-13)16(24)21(17(25)20-18)10-12-8-7-11(15(19)23)9-14(12)22(26)27/h2-9H,10H2,1H3,(H2,19,23)(H,20,25). The second-order valence-electron chi connectivity index (χ2n) is 6.28. The van der Waals surface area contributed by atoms with Gasteiger partial charge in [0, 0.05) is 17.2 Å². The lowest BCUT2D eigenvalue weighted by molar-refractivity contribution is -0.385. The number of rotatable bonds is 5. The Hall–Kier alpha value is -3.75. The zero-order valence-corrected chi connectivity index (χ0v) is 14.3. The van der Waals surface area contributed by atoms with E-state index in [1.54, 1.807) is 37.3 Å². The molecule has 1 fully saturated rings. The van der Waals surface area contributed by atoms with Crippen molar-refractivity contribution in [3.05, 3.63) is 75.3 Å². The van der Waals surface area contributed by atoms with Crippen LogP contribution >= 0.6 is 0 Å². The highest BCUT2D eigenvalue weighted by Gasteiger charge is 2.49. The first-order valence-corrected chi connectivity index (χ1v) is 8.01. The first-order valence-electron chi connectivity index (χ1n) is 8.01. The molecule has 0 aliphatic carbocycles.